The van der Waals surface area contributed by atoms with Gasteiger partial charge in [-0.3, -0.25) is 9.82 Å². The van der Waals surface area contributed by atoms with Crippen LogP contribution in [-0.2, 0) is 11.4 Å². The van der Waals surface area contributed by atoms with E-state index in [1.807, 2.05) is 24.3 Å². The number of pyridine rings is 1. The molecule has 5 nitrogen and oxygen atoms in total. The van der Waals surface area contributed by atoms with Crippen molar-refractivity contribution in [3.05, 3.63) is 95.1 Å². The summed E-state index contributed by atoms with van der Waals surface area (Å²) in [6.07, 6.45) is 1.79. The molecule has 0 bridgehead atoms. The number of aryl methyl sites for hydroxylation is 1. The summed E-state index contributed by atoms with van der Waals surface area (Å²) in [4.78, 5) is 12.9. The lowest BCUT2D eigenvalue weighted by Gasteiger charge is -2.36. The van der Waals surface area contributed by atoms with Crippen molar-refractivity contribution in [2.45, 2.75) is 13.5 Å². The second-order valence-electron chi connectivity index (χ2n) is 8.32. The molecule has 1 saturated heterocycles. The molecule has 1 N–H and O–H groups in total. The fourth-order valence-electron chi connectivity index (χ4n) is 4.21. The van der Waals surface area contributed by atoms with Crippen LogP contribution in [0, 0.1) is 6.92 Å². The van der Waals surface area contributed by atoms with E-state index >= 15 is 0 Å². The number of hydroxylamine groups is 2. The summed E-state index contributed by atoms with van der Waals surface area (Å²) in [5, 5.41) is 7.29. The summed E-state index contributed by atoms with van der Waals surface area (Å²) >= 11 is 6.10. The maximum Gasteiger partial charge on any atom is 0.0935 e. The molecular weight excluding hydrogens is 432 g/mol. The zero-order chi connectivity index (χ0) is 22.6. The second-order valence-corrected chi connectivity index (χ2v) is 8.75. The van der Waals surface area contributed by atoms with Gasteiger partial charge in [-0.2, -0.15) is 5.06 Å². The first-order valence-electron chi connectivity index (χ1n) is 11.2. The van der Waals surface area contributed by atoms with Crippen LogP contribution >= 0.6 is 11.6 Å². The summed E-state index contributed by atoms with van der Waals surface area (Å²) in [6, 6.07) is 24.7. The highest BCUT2D eigenvalue weighted by Gasteiger charge is 2.18. The summed E-state index contributed by atoms with van der Waals surface area (Å²) in [5.74, 6) is 0. The average molecular weight is 459 g/mol. The van der Waals surface area contributed by atoms with E-state index < -0.39 is 0 Å². The Morgan fingerprint density at radius 3 is 2.52 bits per heavy atom. The Kier molecular flexibility index (Phi) is 6.44. The molecule has 1 aromatic heterocycles. The van der Waals surface area contributed by atoms with Crippen molar-refractivity contribution < 1.29 is 4.84 Å². The van der Waals surface area contributed by atoms with E-state index in [1.165, 1.54) is 11.3 Å². The maximum atomic E-state index is 6.10. The molecule has 3 aromatic carbocycles. The van der Waals surface area contributed by atoms with Crippen LogP contribution in [0.3, 0.4) is 0 Å². The minimum Gasteiger partial charge on any atom is -0.369 e. The Hall–Kier alpha value is -3.12. The van der Waals surface area contributed by atoms with Gasteiger partial charge in [-0.25, -0.2) is 0 Å². The molecule has 1 aliphatic heterocycles. The Morgan fingerprint density at radius 2 is 1.73 bits per heavy atom. The van der Waals surface area contributed by atoms with Crippen molar-refractivity contribution in [1.82, 2.24) is 10.0 Å². The van der Waals surface area contributed by atoms with Gasteiger partial charge in [0.05, 0.1) is 12.1 Å². The zero-order valence-corrected chi connectivity index (χ0v) is 19.4. The molecule has 5 rings (SSSR count). The fraction of sp³-hybridized carbons (Fsp3) is 0.222. The Labute approximate surface area is 199 Å². The number of benzene rings is 3. The van der Waals surface area contributed by atoms with Crippen molar-refractivity contribution in [1.29, 1.82) is 0 Å². The van der Waals surface area contributed by atoms with Crippen LogP contribution in [0.15, 0.2) is 79.0 Å². The van der Waals surface area contributed by atoms with Crippen LogP contribution in [-0.4, -0.2) is 36.2 Å². The van der Waals surface area contributed by atoms with E-state index in [0.29, 0.717) is 11.6 Å². The highest BCUT2D eigenvalue weighted by Crippen LogP contribution is 2.27. The van der Waals surface area contributed by atoms with E-state index in [1.54, 1.807) is 6.20 Å². The normalized spacial score (nSPS) is 14.5. The lowest BCUT2D eigenvalue weighted by Crippen LogP contribution is -2.46. The second kappa shape index (κ2) is 9.79. The first kappa shape index (κ1) is 21.7. The standard InChI is InChI=1S/C27H27ClN4O/c1-20-4-2-3-5-27(20)31-14-16-32(17-15-31)33-19-21-6-9-23(10-7-21)30-25-12-13-29-26-18-22(28)8-11-24(25)26/h2-13,18H,14-17,19H2,1H3,(H,29,30). The predicted octanol–water partition coefficient (Wildman–Crippen LogP) is 6.19. The molecule has 33 heavy (non-hydrogen) atoms. The molecule has 4 aromatic rings. The van der Waals surface area contributed by atoms with Gasteiger partial charge >= 0.3 is 0 Å². The molecule has 0 radical (unpaired) electrons. The highest BCUT2D eigenvalue weighted by molar-refractivity contribution is 6.31. The molecule has 0 aliphatic carbocycles. The first-order valence-corrected chi connectivity index (χ1v) is 11.6. The van der Waals surface area contributed by atoms with E-state index in [9.17, 15) is 0 Å². The highest BCUT2D eigenvalue weighted by atomic mass is 35.5. The maximum absolute atomic E-state index is 6.10. The molecule has 0 unspecified atom stereocenters. The molecule has 0 saturated carbocycles. The number of hydrogen-bond acceptors (Lipinski definition) is 5. The number of aromatic nitrogens is 1. The molecule has 1 aliphatic rings. The number of hydrogen-bond donors (Lipinski definition) is 1. The van der Waals surface area contributed by atoms with Gasteiger partial charge in [0.1, 0.15) is 0 Å². The smallest absolute Gasteiger partial charge is 0.0935 e. The zero-order valence-electron chi connectivity index (χ0n) is 18.7. The minimum absolute atomic E-state index is 0.571. The molecular formula is C27H27ClN4O. The summed E-state index contributed by atoms with van der Waals surface area (Å²) in [5.41, 5.74) is 6.70. The number of piperazine rings is 1. The molecule has 6 heteroatoms. The number of anilines is 3. The molecule has 168 valence electrons. The van der Waals surface area contributed by atoms with Crippen molar-refractivity contribution in [2.75, 3.05) is 36.4 Å². The van der Waals surface area contributed by atoms with Gasteiger partial charge in [-0.15, -0.1) is 0 Å². The van der Waals surface area contributed by atoms with Crippen LogP contribution < -0.4 is 10.2 Å². The Morgan fingerprint density at radius 1 is 0.939 bits per heavy atom. The average Bonchev–Trinajstić information content (AvgIpc) is 2.84. The van der Waals surface area contributed by atoms with Gasteiger partial charge in [0, 0.05) is 59.8 Å². The largest absolute Gasteiger partial charge is 0.369 e. The Bertz CT molecular complexity index is 1240. The minimum atomic E-state index is 0.571. The van der Waals surface area contributed by atoms with Gasteiger partial charge < -0.3 is 10.2 Å². The number of nitrogens with zero attached hydrogens (tertiary/aromatic N) is 3. The SMILES string of the molecule is Cc1ccccc1N1CCN(OCc2ccc(Nc3ccnc4cc(Cl)ccc34)cc2)CC1. The van der Waals surface area contributed by atoms with Crippen molar-refractivity contribution in [2.24, 2.45) is 0 Å². The monoisotopic (exact) mass is 458 g/mol. The number of para-hydroxylation sites is 1. The van der Waals surface area contributed by atoms with Crippen LogP contribution in [0.4, 0.5) is 17.1 Å². The fourth-order valence-corrected chi connectivity index (χ4v) is 4.38. The molecule has 0 spiro atoms. The number of nitrogens with one attached hydrogen (secondary N) is 1. The quantitative estimate of drug-likeness (QED) is 0.373. The summed E-state index contributed by atoms with van der Waals surface area (Å²) < 4.78 is 0. The van der Waals surface area contributed by atoms with Gasteiger partial charge in [-0.1, -0.05) is 41.9 Å². The van der Waals surface area contributed by atoms with Crippen molar-refractivity contribution >= 4 is 39.6 Å². The third-order valence-electron chi connectivity index (χ3n) is 6.05. The van der Waals surface area contributed by atoms with Crippen LogP contribution in [0.1, 0.15) is 11.1 Å². The van der Waals surface area contributed by atoms with Gasteiger partial charge in [0.15, 0.2) is 0 Å². The van der Waals surface area contributed by atoms with Gasteiger partial charge in [0.2, 0.25) is 0 Å². The summed E-state index contributed by atoms with van der Waals surface area (Å²) in [7, 11) is 0. The topological polar surface area (TPSA) is 40.6 Å². The van der Waals surface area contributed by atoms with Crippen LogP contribution in [0.2, 0.25) is 5.02 Å². The molecule has 0 atom stereocenters. The number of fused-ring (bicyclic) bond motifs is 1. The molecule has 0 amide bonds. The van der Waals surface area contributed by atoms with Crippen LogP contribution in [0.5, 0.6) is 0 Å². The van der Waals surface area contributed by atoms with Gasteiger partial charge in [0.25, 0.3) is 0 Å². The third kappa shape index (κ3) is 5.11. The van der Waals surface area contributed by atoms with E-state index in [4.69, 9.17) is 16.4 Å². The lowest BCUT2D eigenvalue weighted by atomic mass is 10.1. The van der Waals surface area contributed by atoms with E-state index in [0.717, 1.165) is 54.0 Å². The third-order valence-corrected chi connectivity index (χ3v) is 6.28. The van der Waals surface area contributed by atoms with E-state index in [2.05, 4.69) is 75.7 Å². The number of rotatable bonds is 6. The molecule has 1 fully saturated rings. The van der Waals surface area contributed by atoms with Crippen LogP contribution in [0.25, 0.3) is 10.9 Å². The number of halogens is 1. The van der Waals surface area contributed by atoms with Gasteiger partial charge in [-0.05, 0) is 60.5 Å². The predicted molar refractivity (Wildman–Crippen MR) is 136 cm³/mol. The summed E-state index contributed by atoms with van der Waals surface area (Å²) in [6.45, 7) is 6.47. The lowest BCUT2D eigenvalue weighted by molar-refractivity contribution is -0.171. The van der Waals surface area contributed by atoms with E-state index in [-0.39, 0.29) is 0 Å². The van der Waals surface area contributed by atoms with Crippen molar-refractivity contribution in [3.8, 4) is 0 Å². The Balaban J connectivity index is 1.15. The molecule has 2 heterocycles. The first-order chi connectivity index (χ1) is 16.2. The van der Waals surface area contributed by atoms with Crippen molar-refractivity contribution in [3.63, 3.8) is 0 Å².